The molecule has 0 bridgehead atoms. The van der Waals surface area contributed by atoms with Gasteiger partial charge in [-0.1, -0.05) is 24.3 Å². The summed E-state index contributed by atoms with van der Waals surface area (Å²) < 4.78 is 0. The van der Waals surface area contributed by atoms with E-state index in [2.05, 4.69) is 5.32 Å². The van der Waals surface area contributed by atoms with Crippen molar-refractivity contribution in [3.8, 4) is 0 Å². The predicted octanol–water partition coefficient (Wildman–Crippen LogP) is 0.142. The highest BCUT2D eigenvalue weighted by Crippen LogP contribution is 2.21. The van der Waals surface area contributed by atoms with Crippen LogP contribution in [0.4, 0.5) is 0 Å². The van der Waals surface area contributed by atoms with Crippen LogP contribution in [-0.4, -0.2) is 16.4 Å². The van der Waals surface area contributed by atoms with Gasteiger partial charge in [0.1, 0.15) is 12.5 Å². The Hall–Kier alpha value is -0.900. The van der Waals surface area contributed by atoms with Gasteiger partial charge in [-0.15, -0.1) is 0 Å². The zero-order valence-electron chi connectivity index (χ0n) is 6.57. The molecule has 0 spiro atoms. The van der Waals surface area contributed by atoms with Crippen LogP contribution in [0.15, 0.2) is 24.3 Å². The Kier molecular flexibility index (Phi) is 1.84. The fourth-order valence-electron chi connectivity index (χ4n) is 1.53. The van der Waals surface area contributed by atoms with Gasteiger partial charge in [0, 0.05) is 6.42 Å². The van der Waals surface area contributed by atoms with Crippen LogP contribution in [0.3, 0.4) is 0 Å². The lowest BCUT2D eigenvalue weighted by Gasteiger charge is -2.26. The molecule has 3 heteroatoms. The Labute approximate surface area is 70.7 Å². The third-order valence-corrected chi connectivity index (χ3v) is 2.11. The SMILES string of the molecule is OC1Cc2ccccc2C(O)N1. The number of rotatable bonds is 0. The number of fused-ring (bicyclic) bond motifs is 1. The normalized spacial score (nSPS) is 28.2. The molecule has 1 heterocycles. The van der Waals surface area contributed by atoms with Gasteiger partial charge < -0.3 is 10.2 Å². The molecule has 64 valence electrons. The van der Waals surface area contributed by atoms with Gasteiger partial charge in [0.15, 0.2) is 0 Å². The molecule has 0 aromatic heterocycles. The number of hydrogen-bond acceptors (Lipinski definition) is 3. The van der Waals surface area contributed by atoms with E-state index >= 15 is 0 Å². The van der Waals surface area contributed by atoms with Crippen LogP contribution in [0.25, 0.3) is 0 Å². The summed E-state index contributed by atoms with van der Waals surface area (Å²) in [4.78, 5) is 0. The predicted molar refractivity (Wildman–Crippen MR) is 44.2 cm³/mol. The number of benzene rings is 1. The van der Waals surface area contributed by atoms with Crippen LogP contribution < -0.4 is 5.32 Å². The number of aliphatic hydroxyl groups is 2. The van der Waals surface area contributed by atoms with Crippen molar-refractivity contribution >= 4 is 0 Å². The first kappa shape index (κ1) is 7.73. The summed E-state index contributed by atoms with van der Waals surface area (Å²) in [5.41, 5.74) is 1.87. The first-order valence-electron chi connectivity index (χ1n) is 3.97. The fourth-order valence-corrected chi connectivity index (χ4v) is 1.53. The van der Waals surface area contributed by atoms with E-state index in [-0.39, 0.29) is 0 Å². The summed E-state index contributed by atoms with van der Waals surface area (Å²) in [6, 6.07) is 7.56. The second-order valence-corrected chi connectivity index (χ2v) is 2.99. The van der Waals surface area contributed by atoms with Crippen molar-refractivity contribution in [2.45, 2.75) is 18.9 Å². The lowest BCUT2D eigenvalue weighted by Crippen LogP contribution is -2.38. The molecule has 1 aromatic carbocycles. The Morgan fingerprint density at radius 2 is 2.00 bits per heavy atom. The van der Waals surface area contributed by atoms with Gasteiger partial charge >= 0.3 is 0 Å². The minimum Gasteiger partial charge on any atom is -0.378 e. The largest absolute Gasteiger partial charge is 0.378 e. The van der Waals surface area contributed by atoms with E-state index in [1.54, 1.807) is 0 Å². The molecule has 0 saturated heterocycles. The molecule has 0 aliphatic carbocycles. The molecular weight excluding hydrogens is 154 g/mol. The molecule has 12 heavy (non-hydrogen) atoms. The first-order valence-corrected chi connectivity index (χ1v) is 3.97. The summed E-state index contributed by atoms with van der Waals surface area (Å²) in [5, 5.41) is 21.4. The van der Waals surface area contributed by atoms with E-state index in [1.807, 2.05) is 24.3 Å². The van der Waals surface area contributed by atoms with Gasteiger partial charge in [0.25, 0.3) is 0 Å². The number of nitrogens with one attached hydrogen (secondary N) is 1. The monoisotopic (exact) mass is 165 g/mol. The summed E-state index contributed by atoms with van der Waals surface area (Å²) in [5.74, 6) is 0. The lowest BCUT2D eigenvalue weighted by atomic mass is 9.99. The Balaban J connectivity index is 2.40. The van der Waals surface area contributed by atoms with Crippen LogP contribution in [0.2, 0.25) is 0 Å². The van der Waals surface area contributed by atoms with Crippen molar-refractivity contribution in [2.24, 2.45) is 0 Å². The minimum absolute atomic E-state index is 0.563. The van der Waals surface area contributed by atoms with E-state index in [1.165, 1.54) is 0 Å². The maximum Gasteiger partial charge on any atom is 0.133 e. The first-order chi connectivity index (χ1) is 5.77. The van der Waals surface area contributed by atoms with Gasteiger partial charge in [-0.2, -0.15) is 0 Å². The Bertz CT molecular complexity index is 288. The minimum atomic E-state index is -0.732. The van der Waals surface area contributed by atoms with Crippen LogP contribution in [0, 0.1) is 0 Å². The number of aliphatic hydroxyl groups excluding tert-OH is 2. The van der Waals surface area contributed by atoms with E-state index in [0.717, 1.165) is 11.1 Å². The van der Waals surface area contributed by atoms with Crippen LogP contribution in [0.1, 0.15) is 17.4 Å². The van der Waals surface area contributed by atoms with E-state index < -0.39 is 12.5 Å². The molecule has 0 radical (unpaired) electrons. The summed E-state index contributed by atoms with van der Waals surface area (Å²) in [6.45, 7) is 0. The van der Waals surface area contributed by atoms with Crippen LogP contribution in [0.5, 0.6) is 0 Å². The molecule has 2 unspecified atom stereocenters. The third kappa shape index (κ3) is 1.22. The maximum atomic E-state index is 9.46. The molecule has 0 amide bonds. The van der Waals surface area contributed by atoms with Crippen LogP contribution >= 0.6 is 0 Å². The molecule has 2 rings (SSSR count). The van der Waals surface area contributed by atoms with Crippen molar-refractivity contribution in [1.29, 1.82) is 0 Å². The van der Waals surface area contributed by atoms with Gasteiger partial charge in [0.2, 0.25) is 0 Å². The highest BCUT2D eigenvalue weighted by molar-refractivity contribution is 5.31. The third-order valence-electron chi connectivity index (χ3n) is 2.11. The average molecular weight is 165 g/mol. The summed E-state index contributed by atoms with van der Waals surface area (Å²) in [7, 11) is 0. The van der Waals surface area contributed by atoms with Gasteiger partial charge in [-0.05, 0) is 11.1 Å². The fraction of sp³-hybridized carbons (Fsp3) is 0.333. The zero-order valence-corrected chi connectivity index (χ0v) is 6.57. The topological polar surface area (TPSA) is 52.5 Å². The zero-order chi connectivity index (χ0) is 8.55. The Morgan fingerprint density at radius 3 is 2.83 bits per heavy atom. The van der Waals surface area contributed by atoms with Crippen molar-refractivity contribution in [1.82, 2.24) is 5.32 Å². The molecule has 1 aliphatic heterocycles. The van der Waals surface area contributed by atoms with Crippen molar-refractivity contribution < 1.29 is 10.2 Å². The average Bonchev–Trinajstić information content (AvgIpc) is 2.04. The van der Waals surface area contributed by atoms with Crippen molar-refractivity contribution in [3.63, 3.8) is 0 Å². The van der Waals surface area contributed by atoms with E-state index in [9.17, 15) is 10.2 Å². The molecule has 2 atom stereocenters. The van der Waals surface area contributed by atoms with Crippen LogP contribution in [-0.2, 0) is 6.42 Å². The number of hydrogen-bond donors (Lipinski definition) is 3. The van der Waals surface area contributed by atoms with Crippen molar-refractivity contribution in [2.75, 3.05) is 0 Å². The molecule has 0 saturated carbocycles. The molecule has 3 nitrogen and oxygen atoms in total. The molecule has 1 aromatic rings. The van der Waals surface area contributed by atoms with Gasteiger partial charge in [-0.25, -0.2) is 0 Å². The lowest BCUT2D eigenvalue weighted by molar-refractivity contribution is 0.0299. The standard InChI is InChI=1S/C9H11NO2/c11-8-5-6-3-1-2-4-7(6)9(12)10-8/h1-4,8-12H,5H2. The smallest absolute Gasteiger partial charge is 0.133 e. The van der Waals surface area contributed by atoms with E-state index in [0.29, 0.717) is 6.42 Å². The summed E-state index contributed by atoms with van der Waals surface area (Å²) in [6.07, 6.45) is -0.799. The summed E-state index contributed by atoms with van der Waals surface area (Å²) >= 11 is 0. The quantitative estimate of drug-likeness (QED) is 0.512. The maximum absolute atomic E-state index is 9.46. The molecule has 0 fully saturated rings. The molecule has 3 N–H and O–H groups in total. The molecule has 1 aliphatic rings. The second-order valence-electron chi connectivity index (χ2n) is 2.99. The van der Waals surface area contributed by atoms with Gasteiger partial charge in [0.05, 0.1) is 0 Å². The van der Waals surface area contributed by atoms with Gasteiger partial charge in [-0.3, -0.25) is 5.32 Å². The van der Waals surface area contributed by atoms with E-state index in [4.69, 9.17) is 0 Å². The Morgan fingerprint density at radius 1 is 1.25 bits per heavy atom. The highest BCUT2D eigenvalue weighted by atomic mass is 16.3. The molecular formula is C9H11NO2. The van der Waals surface area contributed by atoms with Crippen molar-refractivity contribution in [3.05, 3.63) is 35.4 Å². The second kappa shape index (κ2) is 2.86. The highest BCUT2D eigenvalue weighted by Gasteiger charge is 2.21.